The standard InChI is InChI=1S/C26H22Cl2N2O5/c1-16-5-9-19(10-6-16)35-20-11-7-18(8-12-20)30-14-17(13-24(30)32)26(33)34-15-23(31)29-22-4-2-3-21(27)25(22)28/h2-12,17H,13-15H2,1H3,(H,29,31)/t17-/m0/s1. The molecule has 4 rings (SSSR count). The van der Waals surface area contributed by atoms with Gasteiger partial charge in [0.25, 0.3) is 5.91 Å². The molecule has 0 aromatic heterocycles. The van der Waals surface area contributed by atoms with Crippen molar-refractivity contribution in [3.63, 3.8) is 0 Å². The van der Waals surface area contributed by atoms with Gasteiger partial charge in [-0.1, -0.05) is 47.0 Å². The molecule has 9 heteroatoms. The average molecular weight is 513 g/mol. The Labute approximate surface area is 212 Å². The number of esters is 1. The van der Waals surface area contributed by atoms with Crippen molar-refractivity contribution in [3.8, 4) is 11.5 Å². The third-order valence-corrected chi connectivity index (χ3v) is 6.25. The predicted molar refractivity (Wildman–Crippen MR) is 134 cm³/mol. The van der Waals surface area contributed by atoms with Gasteiger partial charge in [0.05, 0.1) is 21.7 Å². The minimum absolute atomic E-state index is 0.00217. The van der Waals surface area contributed by atoms with Crippen LogP contribution in [0.1, 0.15) is 12.0 Å². The highest BCUT2D eigenvalue weighted by molar-refractivity contribution is 6.44. The topological polar surface area (TPSA) is 84.9 Å². The summed E-state index contributed by atoms with van der Waals surface area (Å²) in [4.78, 5) is 38.7. The normalized spacial score (nSPS) is 15.1. The summed E-state index contributed by atoms with van der Waals surface area (Å²) in [5, 5.41) is 3.03. The second-order valence-electron chi connectivity index (χ2n) is 8.07. The highest BCUT2D eigenvalue weighted by atomic mass is 35.5. The summed E-state index contributed by atoms with van der Waals surface area (Å²) in [6, 6.07) is 19.5. The van der Waals surface area contributed by atoms with Crippen LogP contribution in [0.25, 0.3) is 0 Å². The van der Waals surface area contributed by atoms with E-state index in [4.69, 9.17) is 32.7 Å². The van der Waals surface area contributed by atoms with E-state index in [0.717, 1.165) is 5.56 Å². The summed E-state index contributed by atoms with van der Waals surface area (Å²) in [6.45, 7) is 1.66. The van der Waals surface area contributed by atoms with Gasteiger partial charge in [0.2, 0.25) is 5.91 Å². The van der Waals surface area contributed by atoms with E-state index < -0.39 is 24.4 Å². The predicted octanol–water partition coefficient (Wildman–Crippen LogP) is 5.63. The number of amides is 2. The zero-order valence-electron chi connectivity index (χ0n) is 18.8. The molecule has 0 bridgehead atoms. The SMILES string of the molecule is Cc1ccc(Oc2ccc(N3C[C@@H](C(=O)OCC(=O)Nc4cccc(Cl)c4Cl)CC3=O)cc2)cc1. The lowest BCUT2D eigenvalue weighted by Crippen LogP contribution is -2.28. The number of halogens is 2. The van der Waals surface area contributed by atoms with Crippen LogP contribution < -0.4 is 15.0 Å². The first-order chi connectivity index (χ1) is 16.8. The number of benzene rings is 3. The maximum Gasteiger partial charge on any atom is 0.311 e. The lowest BCUT2D eigenvalue weighted by Gasteiger charge is -2.17. The molecule has 2 amide bonds. The lowest BCUT2D eigenvalue weighted by molar-refractivity contribution is -0.151. The van der Waals surface area contributed by atoms with Crippen molar-refractivity contribution in [2.24, 2.45) is 5.92 Å². The number of nitrogens with one attached hydrogen (secondary N) is 1. The van der Waals surface area contributed by atoms with Crippen molar-refractivity contribution in [1.29, 1.82) is 0 Å². The van der Waals surface area contributed by atoms with Crippen molar-refractivity contribution >= 4 is 52.4 Å². The Morgan fingerprint density at radius 2 is 1.66 bits per heavy atom. The second kappa shape index (κ2) is 10.8. The van der Waals surface area contributed by atoms with Crippen molar-refractivity contribution in [3.05, 3.63) is 82.3 Å². The quantitative estimate of drug-likeness (QED) is 0.414. The van der Waals surface area contributed by atoms with Crippen LogP contribution in [-0.2, 0) is 19.1 Å². The maximum absolute atomic E-state index is 12.5. The van der Waals surface area contributed by atoms with Crippen LogP contribution in [0.3, 0.4) is 0 Å². The minimum atomic E-state index is -0.673. The van der Waals surface area contributed by atoms with E-state index in [9.17, 15) is 14.4 Å². The summed E-state index contributed by atoms with van der Waals surface area (Å²) in [7, 11) is 0. The molecule has 0 unspecified atom stereocenters. The Hall–Kier alpha value is -3.55. The first kappa shape index (κ1) is 24.6. The van der Waals surface area contributed by atoms with Crippen LogP contribution in [0.5, 0.6) is 11.5 Å². The number of carbonyl (C=O) groups is 3. The number of anilines is 2. The number of nitrogens with zero attached hydrogens (tertiary/aromatic N) is 1. The largest absolute Gasteiger partial charge is 0.457 e. The fraction of sp³-hybridized carbons (Fsp3) is 0.192. The Kier molecular flexibility index (Phi) is 7.58. The van der Waals surface area contributed by atoms with E-state index >= 15 is 0 Å². The number of rotatable bonds is 7. The van der Waals surface area contributed by atoms with Gasteiger partial charge in [-0.15, -0.1) is 0 Å². The van der Waals surface area contributed by atoms with Crippen LogP contribution in [-0.4, -0.2) is 30.9 Å². The molecule has 1 atom stereocenters. The van der Waals surface area contributed by atoms with E-state index in [1.165, 1.54) is 4.90 Å². The molecule has 1 heterocycles. The van der Waals surface area contributed by atoms with E-state index in [-0.39, 0.29) is 23.9 Å². The van der Waals surface area contributed by atoms with Gasteiger partial charge in [-0.2, -0.15) is 0 Å². The molecule has 0 saturated carbocycles. The van der Waals surface area contributed by atoms with E-state index in [1.807, 2.05) is 31.2 Å². The molecular weight excluding hydrogens is 491 g/mol. The summed E-state index contributed by atoms with van der Waals surface area (Å²) < 4.78 is 10.9. The molecule has 35 heavy (non-hydrogen) atoms. The minimum Gasteiger partial charge on any atom is -0.457 e. The van der Waals surface area contributed by atoms with Crippen LogP contribution in [0, 0.1) is 12.8 Å². The van der Waals surface area contributed by atoms with Crippen LogP contribution in [0.2, 0.25) is 10.0 Å². The van der Waals surface area contributed by atoms with E-state index in [0.29, 0.717) is 27.9 Å². The number of aryl methyl sites for hydroxylation is 1. The molecule has 1 saturated heterocycles. The lowest BCUT2D eigenvalue weighted by atomic mass is 10.1. The molecule has 1 aliphatic rings. The first-order valence-electron chi connectivity index (χ1n) is 10.9. The smallest absolute Gasteiger partial charge is 0.311 e. The molecule has 1 fully saturated rings. The zero-order valence-corrected chi connectivity index (χ0v) is 20.3. The van der Waals surface area contributed by atoms with Gasteiger partial charge >= 0.3 is 5.97 Å². The first-order valence-corrected chi connectivity index (χ1v) is 11.6. The number of carbonyl (C=O) groups excluding carboxylic acids is 3. The highest BCUT2D eigenvalue weighted by Gasteiger charge is 2.36. The molecule has 0 radical (unpaired) electrons. The van der Waals surface area contributed by atoms with Gasteiger partial charge in [0.1, 0.15) is 11.5 Å². The molecule has 0 spiro atoms. The third kappa shape index (κ3) is 6.12. The van der Waals surface area contributed by atoms with Gasteiger partial charge < -0.3 is 19.7 Å². The average Bonchev–Trinajstić information content (AvgIpc) is 3.24. The fourth-order valence-electron chi connectivity index (χ4n) is 3.59. The number of hydrogen-bond donors (Lipinski definition) is 1. The Morgan fingerprint density at radius 1 is 1.00 bits per heavy atom. The van der Waals surface area contributed by atoms with Gasteiger partial charge in [0, 0.05) is 18.7 Å². The Balaban J connectivity index is 1.30. The molecule has 0 aliphatic carbocycles. The summed E-state index contributed by atoms with van der Waals surface area (Å²) in [6.07, 6.45) is 0.00217. The van der Waals surface area contributed by atoms with Gasteiger partial charge in [0.15, 0.2) is 6.61 Å². The Morgan fingerprint density at radius 3 is 2.34 bits per heavy atom. The van der Waals surface area contributed by atoms with Gasteiger partial charge in [-0.25, -0.2) is 0 Å². The second-order valence-corrected chi connectivity index (χ2v) is 8.86. The van der Waals surface area contributed by atoms with Crippen LogP contribution in [0.4, 0.5) is 11.4 Å². The molecule has 3 aromatic rings. The molecule has 180 valence electrons. The number of ether oxygens (including phenoxy) is 2. The van der Waals surface area contributed by atoms with Gasteiger partial charge in [-0.3, -0.25) is 14.4 Å². The number of hydrogen-bond acceptors (Lipinski definition) is 5. The molecule has 7 nitrogen and oxygen atoms in total. The maximum atomic E-state index is 12.5. The van der Waals surface area contributed by atoms with Crippen molar-refractivity contribution in [1.82, 2.24) is 0 Å². The monoisotopic (exact) mass is 512 g/mol. The van der Waals surface area contributed by atoms with Crippen LogP contribution >= 0.6 is 23.2 Å². The highest BCUT2D eigenvalue weighted by Crippen LogP contribution is 2.30. The van der Waals surface area contributed by atoms with E-state index in [1.54, 1.807) is 42.5 Å². The summed E-state index contributed by atoms with van der Waals surface area (Å²) in [5.41, 5.74) is 2.10. The van der Waals surface area contributed by atoms with Crippen molar-refractivity contribution in [2.45, 2.75) is 13.3 Å². The zero-order chi connectivity index (χ0) is 24.9. The van der Waals surface area contributed by atoms with Gasteiger partial charge in [-0.05, 0) is 55.5 Å². The summed E-state index contributed by atoms with van der Waals surface area (Å²) in [5.74, 6) is -0.709. The molecular formula is C26H22Cl2N2O5. The van der Waals surface area contributed by atoms with E-state index in [2.05, 4.69) is 5.32 Å². The molecule has 3 aromatic carbocycles. The molecule has 1 aliphatic heterocycles. The van der Waals surface area contributed by atoms with Crippen molar-refractivity contribution < 1.29 is 23.9 Å². The third-order valence-electron chi connectivity index (χ3n) is 5.43. The Bertz CT molecular complexity index is 1250. The van der Waals surface area contributed by atoms with Crippen molar-refractivity contribution in [2.75, 3.05) is 23.4 Å². The summed E-state index contributed by atoms with van der Waals surface area (Å²) >= 11 is 12.0. The fourth-order valence-corrected chi connectivity index (χ4v) is 3.94. The van der Waals surface area contributed by atoms with Crippen LogP contribution in [0.15, 0.2) is 66.7 Å². The molecule has 1 N–H and O–H groups in total.